The molecule has 0 radical (unpaired) electrons. The molecule has 2 aromatic rings. The maximum absolute atomic E-state index is 5.58. The zero-order valence-electron chi connectivity index (χ0n) is 10.7. The lowest BCUT2D eigenvalue weighted by Gasteiger charge is -2.20. The number of pyridine rings is 1. The molecular formula is C13H17N5. The van der Waals surface area contributed by atoms with Gasteiger partial charge >= 0.3 is 0 Å². The predicted molar refractivity (Wildman–Crippen MR) is 72.1 cm³/mol. The van der Waals surface area contributed by atoms with Crippen molar-refractivity contribution in [2.45, 2.75) is 20.4 Å². The second-order valence-corrected chi connectivity index (χ2v) is 4.10. The Balaban J connectivity index is 2.17. The van der Waals surface area contributed by atoms with Gasteiger partial charge in [-0.25, -0.2) is 9.97 Å². The molecule has 2 rings (SSSR count). The summed E-state index contributed by atoms with van der Waals surface area (Å²) in [5.74, 6) is 0.676. The van der Waals surface area contributed by atoms with E-state index in [4.69, 9.17) is 5.73 Å². The van der Waals surface area contributed by atoms with Gasteiger partial charge < -0.3 is 10.6 Å². The predicted octanol–water partition coefficient (Wildman–Crippen LogP) is 1.79. The third kappa shape index (κ3) is 2.94. The summed E-state index contributed by atoms with van der Waals surface area (Å²) in [6.07, 6.45) is 3.24. The van der Waals surface area contributed by atoms with Crippen LogP contribution in [-0.4, -0.2) is 21.5 Å². The first-order valence-corrected chi connectivity index (χ1v) is 5.94. The van der Waals surface area contributed by atoms with Crippen molar-refractivity contribution in [3.05, 3.63) is 42.0 Å². The minimum Gasteiger partial charge on any atom is -0.396 e. The molecule has 0 atom stereocenters. The van der Waals surface area contributed by atoms with Crippen molar-refractivity contribution in [3.63, 3.8) is 0 Å². The van der Waals surface area contributed by atoms with Gasteiger partial charge in [0.15, 0.2) is 0 Å². The van der Waals surface area contributed by atoms with E-state index >= 15 is 0 Å². The van der Waals surface area contributed by atoms with Gasteiger partial charge in [-0.05, 0) is 26.0 Å². The first-order chi connectivity index (χ1) is 8.69. The lowest BCUT2D eigenvalue weighted by molar-refractivity contribution is 0.772. The highest BCUT2D eigenvalue weighted by Gasteiger charge is 2.08. The summed E-state index contributed by atoms with van der Waals surface area (Å²) < 4.78 is 0. The first kappa shape index (κ1) is 12.3. The van der Waals surface area contributed by atoms with E-state index in [9.17, 15) is 0 Å². The first-order valence-electron chi connectivity index (χ1n) is 5.94. The number of hydrogen-bond acceptors (Lipinski definition) is 5. The largest absolute Gasteiger partial charge is 0.396 e. The zero-order valence-corrected chi connectivity index (χ0v) is 10.7. The highest BCUT2D eigenvalue weighted by atomic mass is 15.2. The molecule has 0 aromatic carbocycles. The molecule has 18 heavy (non-hydrogen) atoms. The van der Waals surface area contributed by atoms with Crippen molar-refractivity contribution in [2.24, 2.45) is 0 Å². The van der Waals surface area contributed by atoms with Gasteiger partial charge in [-0.2, -0.15) is 0 Å². The second-order valence-electron chi connectivity index (χ2n) is 4.10. The Morgan fingerprint density at radius 2 is 1.94 bits per heavy atom. The lowest BCUT2D eigenvalue weighted by atomic mass is 10.3. The third-order valence-corrected chi connectivity index (χ3v) is 2.62. The molecule has 0 spiro atoms. The maximum atomic E-state index is 5.58. The van der Waals surface area contributed by atoms with E-state index in [1.807, 2.05) is 25.1 Å². The molecule has 0 saturated carbocycles. The molecule has 0 aliphatic heterocycles. The molecule has 0 saturated heterocycles. The fourth-order valence-corrected chi connectivity index (χ4v) is 1.70. The van der Waals surface area contributed by atoms with Crippen LogP contribution in [0.1, 0.15) is 18.3 Å². The molecule has 0 bridgehead atoms. The van der Waals surface area contributed by atoms with Gasteiger partial charge in [0.05, 0.1) is 30.3 Å². The molecule has 0 unspecified atom stereocenters. The van der Waals surface area contributed by atoms with Crippen LogP contribution in [0.15, 0.2) is 30.6 Å². The monoisotopic (exact) mass is 243 g/mol. The number of nitrogens with two attached hydrogens (primary N) is 1. The van der Waals surface area contributed by atoms with Crippen molar-refractivity contribution >= 4 is 11.6 Å². The van der Waals surface area contributed by atoms with E-state index < -0.39 is 0 Å². The number of anilines is 2. The number of nitrogens with zero attached hydrogens (tertiary/aromatic N) is 4. The van der Waals surface area contributed by atoms with Crippen molar-refractivity contribution in [2.75, 3.05) is 17.2 Å². The number of rotatable bonds is 4. The Morgan fingerprint density at radius 1 is 1.22 bits per heavy atom. The smallest absolute Gasteiger partial charge is 0.225 e. The van der Waals surface area contributed by atoms with Crippen LogP contribution in [0.25, 0.3) is 0 Å². The average molecular weight is 243 g/mol. The molecule has 2 N–H and O–H groups in total. The Bertz CT molecular complexity index is 509. The molecule has 0 fully saturated rings. The van der Waals surface area contributed by atoms with Crippen LogP contribution in [0.2, 0.25) is 0 Å². The summed E-state index contributed by atoms with van der Waals surface area (Å²) in [5.41, 5.74) is 8.18. The van der Waals surface area contributed by atoms with Crippen LogP contribution in [0.5, 0.6) is 0 Å². The van der Waals surface area contributed by atoms with E-state index in [0.29, 0.717) is 18.2 Å². The normalized spacial score (nSPS) is 10.3. The minimum absolute atomic E-state index is 0.573. The SMILES string of the molecule is CCN(Cc1cccc(C)n1)c1ncc(N)cn1. The van der Waals surface area contributed by atoms with Gasteiger partial charge in [0.1, 0.15) is 0 Å². The van der Waals surface area contributed by atoms with Gasteiger partial charge in [-0.15, -0.1) is 0 Å². The Kier molecular flexibility index (Phi) is 3.72. The Morgan fingerprint density at radius 3 is 2.56 bits per heavy atom. The Labute approximate surface area is 107 Å². The number of aryl methyl sites for hydroxylation is 1. The summed E-state index contributed by atoms with van der Waals surface area (Å²) in [7, 11) is 0. The minimum atomic E-state index is 0.573. The fourth-order valence-electron chi connectivity index (χ4n) is 1.70. The highest BCUT2D eigenvalue weighted by Crippen LogP contribution is 2.11. The number of hydrogen-bond donors (Lipinski definition) is 1. The summed E-state index contributed by atoms with van der Waals surface area (Å²) in [5, 5.41) is 0. The quantitative estimate of drug-likeness (QED) is 0.886. The molecule has 0 aliphatic carbocycles. The molecule has 2 aromatic heterocycles. The number of nitrogen functional groups attached to an aromatic ring is 1. The summed E-state index contributed by atoms with van der Waals surface area (Å²) in [6.45, 7) is 5.57. The van der Waals surface area contributed by atoms with E-state index in [1.165, 1.54) is 0 Å². The summed E-state index contributed by atoms with van der Waals surface area (Å²) >= 11 is 0. The van der Waals surface area contributed by atoms with E-state index in [2.05, 4.69) is 26.8 Å². The third-order valence-electron chi connectivity index (χ3n) is 2.62. The lowest BCUT2D eigenvalue weighted by Crippen LogP contribution is -2.24. The van der Waals surface area contributed by atoms with Gasteiger partial charge in [0.25, 0.3) is 0 Å². The van der Waals surface area contributed by atoms with Gasteiger partial charge in [-0.1, -0.05) is 6.07 Å². The van der Waals surface area contributed by atoms with Crippen molar-refractivity contribution in [1.29, 1.82) is 0 Å². The van der Waals surface area contributed by atoms with Gasteiger partial charge in [0, 0.05) is 12.2 Å². The summed E-state index contributed by atoms with van der Waals surface area (Å²) in [4.78, 5) is 15.0. The van der Waals surface area contributed by atoms with Crippen LogP contribution in [-0.2, 0) is 6.54 Å². The maximum Gasteiger partial charge on any atom is 0.225 e. The summed E-state index contributed by atoms with van der Waals surface area (Å²) in [6, 6.07) is 6.00. The second kappa shape index (κ2) is 5.44. The molecule has 5 heteroatoms. The molecule has 5 nitrogen and oxygen atoms in total. The average Bonchev–Trinajstić information content (AvgIpc) is 2.37. The zero-order chi connectivity index (χ0) is 13.0. The van der Waals surface area contributed by atoms with E-state index in [-0.39, 0.29) is 0 Å². The molecule has 0 amide bonds. The Hall–Kier alpha value is -2.17. The van der Waals surface area contributed by atoms with Crippen LogP contribution in [0.4, 0.5) is 11.6 Å². The van der Waals surface area contributed by atoms with Crippen LogP contribution >= 0.6 is 0 Å². The van der Waals surface area contributed by atoms with Gasteiger partial charge in [0.2, 0.25) is 5.95 Å². The fraction of sp³-hybridized carbons (Fsp3) is 0.308. The molecule has 2 heterocycles. The standard InChI is InChI=1S/C13H17N5/c1-3-18(13-15-7-11(14)8-16-13)9-12-6-4-5-10(2)17-12/h4-8H,3,9,14H2,1-2H3. The molecular weight excluding hydrogens is 226 g/mol. The van der Waals surface area contributed by atoms with Crippen molar-refractivity contribution in [1.82, 2.24) is 15.0 Å². The van der Waals surface area contributed by atoms with Crippen molar-refractivity contribution in [3.8, 4) is 0 Å². The highest BCUT2D eigenvalue weighted by molar-refractivity contribution is 5.38. The van der Waals surface area contributed by atoms with Crippen molar-refractivity contribution < 1.29 is 0 Å². The van der Waals surface area contributed by atoms with Gasteiger partial charge in [-0.3, -0.25) is 4.98 Å². The van der Waals surface area contributed by atoms with Crippen LogP contribution in [0, 0.1) is 6.92 Å². The van der Waals surface area contributed by atoms with E-state index in [1.54, 1.807) is 12.4 Å². The van der Waals surface area contributed by atoms with E-state index in [0.717, 1.165) is 17.9 Å². The molecule has 0 aliphatic rings. The molecule has 94 valence electrons. The van der Waals surface area contributed by atoms with Crippen LogP contribution < -0.4 is 10.6 Å². The number of aromatic nitrogens is 3. The topological polar surface area (TPSA) is 67.9 Å². The van der Waals surface area contributed by atoms with Crippen LogP contribution in [0.3, 0.4) is 0 Å².